The van der Waals surface area contributed by atoms with E-state index in [0.29, 0.717) is 12.0 Å². The molecule has 0 saturated carbocycles. The van der Waals surface area contributed by atoms with Crippen LogP contribution in [0.4, 0.5) is 0 Å². The summed E-state index contributed by atoms with van der Waals surface area (Å²) in [5.74, 6) is 0.686. The van der Waals surface area contributed by atoms with Gasteiger partial charge in [0.1, 0.15) is 0 Å². The number of hydrogen-bond donors (Lipinski definition) is 1. The van der Waals surface area contributed by atoms with E-state index in [2.05, 4.69) is 36.5 Å². The first-order chi connectivity index (χ1) is 9.38. The van der Waals surface area contributed by atoms with E-state index >= 15 is 0 Å². The van der Waals surface area contributed by atoms with Crippen LogP contribution >= 0.6 is 0 Å². The lowest BCUT2D eigenvalue weighted by Crippen LogP contribution is -2.48. The number of benzene rings is 1. The van der Waals surface area contributed by atoms with Crippen LogP contribution < -0.4 is 5.32 Å². The van der Waals surface area contributed by atoms with Gasteiger partial charge in [-0.15, -0.1) is 0 Å². The van der Waals surface area contributed by atoms with Gasteiger partial charge in [0, 0.05) is 6.04 Å². The fourth-order valence-electron chi connectivity index (χ4n) is 3.25. The number of likely N-dealkylation sites (N-methyl/N-ethyl adjacent to an activating group) is 1. The molecule has 19 heavy (non-hydrogen) atoms. The summed E-state index contributed by atoms with van der Waals surface area (Å²) in [5.41, 5.74) is 3.05. The highest BCUT2D eigenvalue weighted by atomic mass is 16.6. The third kappa shape index (κ3) is 2.83. The van der Waals surface area contributed by atoms with Gasteiger partial charge in [-0.1, -0.05) is 31.2 Å². The summed E-state index contributed by atoms with van der Waals surface area (Å²) in [4.78, 5) is 0. The minimum absolute atomic E-state index is 0.210. The van der Waals surface area contributed by atoms with Crippen molar-refractivity contribution in [3.63, 3.8) is 0 Å². The number of rotatable bonds is 5. The Kier molecular flexibility index (Phi) is 4.16. The molecule has 2 aliphatic rings. The van der Waals surface area contributed by atoms with Crippen LogP contribution in [-0.4, -0.2) is 38.5 Å². The second-order valence-corrected chi connectivity index (χ2v) is 5.48. The Morgan fingerprint density at radius 1 is 1.32 bits per heavy atom. The summed E-state index contributed by atoms with van der Waals surface area (Å²) in [5, 5.41) is 3.58. The fraction of sp³-hybridized carbons (Fsp3) is 0.625. The van der Waals surface area contributed by atoms with Crippen LogP contribution in [0.5, 0.6) is 0 Å². The summed E-state index contributed by atoms with van der Waals surface area (Å²) >= 11 is 0. The van der Waals surface area contributed by atoms with Gasteiger partial charge in [-0.05, 0) is 36.4 Å². The zero-order valence-electron chi connectivity index (χ0n) is 11.6. The Labute approximate surface area is 115 Å². The van der Waals surface area contributed by atoms with Crippen LogP contribution in [0.3, 0.4) is 0 Å². The first kappa shape index (κ1) is 13.1. The monoisotopic (exact) mass is 261 g/mol. The molecule has 0 amide bonds. The highest BCUT2D eigenvalue weighted by molar-refractivity contribution is 5.40. The standard InChI is InChI=1S/C16H23NO2/c1-2-17-15(16-11-18-7-8-19-16)10-13-9-12-5-3-4-6-14(12)13/h3-6,13,15-17H,2,7-11H2,1H3. The maximum atomic E-state index is 5.86. The fourth-order valence-corrected chi connectivity index (χ4v) is 3.25. The van der Waals surface area contributed by atoms with Gasteiger partial charge in [0.2, 0.25) is 0 Å². The largest absolute Gasteiger partial charge is 0.376 e. The average Bonchev–Trinajstić information content (AvgIpc) is 2.44. The number of hydrogen-bond acceptors (Lipinski definition) is 3. The number of fused-ring (bicyclic) bond motifs is 1. The molecule has 0 radical (unpaired) electrons. The molecule has 1 aliphatic heterocycles. The minimum atomic E-state index is 0.210. The summed E-state index contributed by atoms with van der Waals surface area (Å²) in [6.45, 7) is 5.34. The van der Waals surface area contributed by atoms with E-state index in [1.54, 1.807) is 0 Å². The molecule has 3 nitrogen and oxygen atoms in total. The summed E-state index contributed by atoms with van der Waals surface area (Å²) in [7, 11) is 0. The lowest BCUT2D eigenvalue weighted by Gasteiger charge is -2.37. The van der Waals surface area contributed by atoms with Crippen LogP contribution in [0.2, 0.25) is 0 Å². The summed E-state index contributed by atoms with van der Waals surface area (Å²) in [6.07, 6.45) is 2.58. The molecule has 1 heterocycles. The molecular formula is C16H23NO2. The third-order valence-corrected chi connectivity index (χ3v) is 4.26. The van der Waals surface area contributed by atoms with E-state index in [4.69, 9.17) is 9.47 Å². The number of ether oxygens (including phenoxy) is 2. The Morgan fingerprint density at radius 3 is 2.95 bits per heavy atom. The zero-order chi connectivity index (χ0) is 13.1. The second-order valence-electron chi connectivity index (χ2n) is 5.48. The van der Waals surface area contributed by atoms with Gasteiger partial charge in [-0.25, -0.2) is 0 Å². The van der Waals surface area contributed by atoms with Gasteiger partial charge in [0.25, 0.3) is 0 Å². The van der Waals surface area contributed by atoms with E-state index in [9.17, 15) is 0 Å². The number of nitrogens with one attached hydrogen (secondary N) is 1. The van der Waals surface area contributed by atoms with Crippen molar-refractivity contribution in [3.8, 4) is 0 Å². The van der Waals surface area contributed by atoms with Gasteiger partial charge < -0.3 is 14.8 Å². The van der Waals surface area contributed by atoms with Gasteiger partial charge in [-0.3, -0.25) is 0 Å². The Balaban J connectivity index is 1.62. The predicted molar refractivity (Wildman–Crippen MR) is 75.5 cm³/mol. The molecule has 3 unspecified atom stereocenters. The molecule has 1 saturated heterocycles. The van der Waals surface area contributed by atoms with Crippen LogP contribution in [0.15, 0.2) is 24.3 Å². The molecule has 0 aromatic heterocycles. The van der Waals surface area contributed by atoms with Gasteiger partial charge >= 0.3 is 0 Å². The molecule has 3 atom stereocenters. The maximum absolute atomic E-state index is 5.86. The molecule has 1 aliphatic carbocycles. The molecule has 1 aromatic rings. The molecule has 1 aromatic carbocycles. The summed E-state index contributed by atoms with van der Waals surface area (Å²) < 4.78 is 11.4. The average molecular weight is 261 g/mol. The van der Waals surface area contributed by atoms with Crippen molar-refractivity contribution in [2.45, 2.75) is 37.8 Å². The first-order valence-corrected chi connectivity index (χ1v) is 7.39. The van der Waals surface area contributed by atoms with Crippen molar-refractivity contribution in [3.05, 3.63) is 35.4 Å². The maximum Gasteiger partial charge on any atom is 0.0962 e. The Hall–Kier alpha value is -0.900. The van der Waals surface area contributed by atoms with Crippen LogP contribution in [0.1, 0.15) is 30.4 Å². The molecular weight excluding hydrogens is 238 g/mol. The van der Waals surface area contributed by atoms with E-state index in [-0.39, 0.29) is 6.10 Å². The zero-order valence-corrected chi connectivity index (χ0v) is 11.6. The minimum Gasteiger partial charge on any atom is -0.376 e. The first-order valence-electron chi connectivity index (χ1n) is 7.39. The van der Waals surface area contributed by atoms with E-state index < -0.39 is 0 Å². The second kappa shape index (κ2) is 6.04. The topological polar surface area (TPSA) is 30.5 Å². The normalized spacial score (nSPS) is 27.4. The van der Waals surface area contributed by atoms with Crippen LogP contribution in [0, 0.1) is 0 Å². The molecule has 1 N–H and O–H groups in total. The van der Waals surface area contributed by atoms with Crippen molar-refractivity contribution < 1.29 is 9.47 Å². The van der Waals surface area contributed by atoms with Gasteiger partial charge in [0.05, 0.1) is 25.9 Å². The molecule has 1 fully saturated rings. The molecule has 0 bridgehead atoms. The smallest absolute Gasteiger partial charge is 0.0962 e. The highest BCUT2D eigenvalue weighted by Crippen LogP contribution is 2.38. The molecule has 3 heteroatoms. The van der Waals surface area contributed by atoms with Crippen molar-refractivity contribution >= 4 is 0 Å². The Bertz CT molecular complexity index is 415. The molecule has 3 rings (SSSR count). The highest BCUT2D eigenvalue weighted by Gasteiger charge is 2.32. The quantitative estimate of drug-likeness (QED) is 0.880. The predicted octanol–water partition coefficient (Wildman–Crippen LogP) is 2.11. The van der Waals surface area contributed by atoms with Crippen LogP contribution in [-0.2, 0) is 15.9 Å². The lowest BCUT2D eigenvalue weighted by molar-refractivity contribution is -0.103. The van der Waals surface area contributed by atoms with Gasteiger partial charge in [-0.2, -0.15) is 0 Å². The van der Waals surface area contributed by atoms with E-state index in [1.165, 1.54) is 17.5 Å². The van der Waals surface area contributed by atoms with Gasteiger partial charge in [0.15, 0.2) is 0 Å². The Morgan fingerprint density at radius 2 is 2.21 bits per heavy atom. The van der Waals surface area contributed by atoms with Crippen molar-refractivity contribution in [2.24, 2.45) is 0 Å². The lowest BCUT2D eigenvalue weighted by atomic mass is 9.74. The van der Waals surface area contributed by atoms with Crippen molar-refractivity contribution in [1.82, 2.24) is 5.32 Å². The summed E-state index contributed by atoms with van der Waals surface area (Å²) in [6, 6.07) is 9.20. The molecule has 104 valence electrons. The third-order valence-electron chi connectivity index (χ3n) is 4.26. The van der Waals surface area contributed by atoms with E-state index in [1.807, 2.05) is 0 Å². The van der Waals surface area contributed by atoms with E-state index in [0.717, 1.165) is 32.8 Å². The van der Waals surface area contributed by atoms with Crippen LogP contribution in [0.25, 0.3) is 0 Å². The SMILES string of the molecule is CCNC(CC1Cc2ccccc21)C1COCCO1. The van der Waals surface area contributed by atoms with Crippen molar-refractivity contribution in [2.75, 3.05) is 26.4 Å². The van der Waals surface area contributed by atoms with Crippen molar-refractivity contribution in [1.29, 1.82) is 0 Å². The molecule has 0 spiro atoms.